The maximum Gasteiger partial charge on any atom is 0.0431 e. The quantitative estimate of drug-likeness (QED) is 0.537. The number of nitrogens with one attached hydrogen (secondary N) is 1. The van der Waals surface area contributed by atoms with Crippen LogP contribution in [0, 0.1) is 0 Å². The molecule has 3 heteroatoms. The van der Waals surface area contributed by atoms with Gasteiger partial charge in [0.05, 0.1) is 0 Å². The van der Waals surface area contributed by atoms with E-state index in [4.69, 9.17) is 5.11 Å². The van der Waals surface area contributed by atoms with E-state index in [9.17, 15) is 0 Å². The third-order valence-electron chi connectivity index (χ3n) is 3.06. The summed E-state index contributed by atoms with van der Waals surface area (Å²) in [4.78, 5) is 2.57. The van der Waals surface area contributed by atoms with Crippen LogP contribution in [0.2, 0.25) is 0 Å². The Bertz CT molecular complexity index is 149. The van der Waals surface area contributed by atoms with Crippen LogP contribution >= 0.6 is 0 Å². The largest absolute Gasteiger partial charge is 0.396 e. The predicted octanol–water partition coefficient (Wildman–Crippen LogP) is 1.22. The molecule has 1 saturated carbocycles. The van der Waals surface area contributed by atoms with E-state index in [1.165, 1.54) is 32.4 Å². The Hall–Kier alpha value is -0.120. The molecule has 0 saturated heterocycles. The number of nitrogens with zero attached hydrogens (tertiary/aromatic N) is 1. The summed E-state index contributed by atoms with van der Waals surface area (Å²) in [5, 5.41) is 12.1. The minimum Gasteiger partial charge on any atom is -0.396 e. The lowest BCUT2D eigenvalue weighted by Gasteiger charge is -2.19. The lowest BCUT2D eigenvalue weighted by Crippen LogP contribution is -2.33. The van der Waals surface area contributed by atoms with Gasteiger partial charge in [0.25, 0.3) is 0 Å². The van der Waals surface area contributed by atoms with Gasteiger partial charge in [0, 0.05) is 25.7 Å². The molecule has 15 heavy (non-hydrogen) atoms. The van der Waals surface area contributed by atoms with Crippen LogP contribution in [-0.4, -0.2) is 48.8 Å². The second-order valence-corrected chi connectivity index (χ2v) is 4.39. The molecule has 0 unspecified atom stereocenters. The lowest BCUT2D eigenvalue weighted by atomic mass is 10.2. The Morgan fingerprint density at radius 2 is 2.00 bits per heavy atom. The van der Waals surface area contributed by atoms with Gasteiger partial charge in [-0.05, 0) is 45.2 Å². The van der Waals surface area contributed by atoms with E-state index in [0.29, 0.717) is 6.61 Å². The Kier molecular flexibility index (Phi) is 6.98. The molecule has 3 nitrogen and oxygen atoms in total. The van der Waals surface area contributed by atoms with Gasteiger partial charge in [-0.2, -0.15) is 0 Å². The smallest absolute Gasteiger partial charge is 0.0431 e. The highest BCUT2D eigenvalue weighted by atomic mass is 16.2. The molecule has 0 aromatic rings. The van der Waals surface area contributed by atoms with Gasteiger partial charge in [-0.3, -0.25) is 4.90 Å². The van der Waals surface area contributed by atoms with Crippen LogP contribution < -0.4 is 5.32 Å². The monoisotopic (exact) mass is 214 g/mol. The standard InChI is InChI=1S/C12H26N2O/c1-2-14(12-6-7-12)10-9-13-8-4-3-5-11-15/h12-13,15H,2-11H2,1H3. The third-order valence-corrected chi connectivity index (χ3v) is 3.06. The lowest BCUT2D eigenvalue weighted by molar-refractivity contribution is 0.274. The fraction of sp³-hybridized carbons (Fsp3) is 1.00. The fourth-order valence-corrected chi connectivity index (χ4v) is 1.92. The van der Waals surface area contributed by atoms with Crippen LogP contribution in [0.1, 0.15) is 39.0 Å². The molecule has 0 aromatic carbocycles. The topological polar surface area (TPSA) is 35.5 Å². The molecule has 0 heterocycles. The molecule has 0 spiro atoms. The predicted molar refractivity (Wildman–Crippen MR) is 64.1 cm³/mol. The molecule has 0 aromatic heterocycles. The number of likely N-dealkylation sites (N-methyl/N-ethyl adjacent to an activating group) is 1. The van der Waals surface area contributed by atoms with Crippen molar-refractivity contribution in [2.45, 2.75) is 45.1 Å². The first-order chi connectivity index (χ1) is 7.38. The Balaban J connectivity index is 1.83. The average molecular weight is 214 g/mol. The molecule has 1 rings (SSSR count). The van der Waals surface area contributed by atoms with E-state index in [1.807, 2.05) is 0 Å². The molecular weight excluding hydrogens is 188 g/mol. The number of hydrogen-bond acceptors (Lipinski definition) is 3. The number of unbranched alkanes of at least 4 members (excludes halogenated alkanes) is 2. The van der Waals surface area contributed by atoms with Crippen LogP contribution in [0.25, 0.3) is 0 Å². The number of rotatable bonds is 10. The number of hydrogen-bond donors (Lipinski definition) is 2. The minimum atomic E-state index is 0.339. The molecular formula is C12H26N2O. The van der Waals surface area contributed by atoms with Gasteiger partial charge < -0.3 is 10.4 Å². The normalized spacial score (nSPS) is 16.2. The SMILES string of the molecule is CCN(CCNCCCCCO)C1CC1. The molecule has 0 radical (unpaired) electrons. The first kappa shape index (κ1) is 12.9. The van der Waals surface area contributed by atoms with E-state index in [2.05, 4.69) is 17.1 Å². The minimum absolute atomic E-state index is 0.339. The summed E-state index contributed by atoms with van der Waals surface area (Å²) in [6.07, 6.45) is 6.10. The molecule has 0 amide bonds. The zero-order chi connectivity index (χ0) is 10.9. The van der Waals surface area contributed by atoms with Crippen molar-refractivity contribution in [1.29, 1.82) is 0 Å². The summed E-state index contributed by atoms with van der Waals surface area (Å²) in [5.74, 6) is 0. The third kappa shape index (κ3) is 6.13. The molecule has 1 aliphatic rings. The highest BCUT2D eigenvalue weighted by molar-refractivity contribution is 4.83. The zero-order valence-electron chi connectivity index (χ0n) is 10.0. The zero-order valence-corrected chi connectivity index (χ0v) is 10.0. The Labute approximate surface area is 93.9 Å². The number of aliphatic hydroxyl groups is 1. The van der Waals surface area contributed by atoms with Crippen molar-refractivity contribution in [3.63, 3.8) is 0 Å². The van der Waals surface area contributed by atoms with E-state index < -0.39 is 0 Å². The summed E-state index contributed by atoms with van der Waals surface area (Å²) in [6.45, 7) is 7.19. The summed E-state index contributed by atoms with van der Waals surface area (Å²) in [6, 6.07) is 0.895. The summed E-state index contributed by atoms with van der Waals surface area (Å²) >= 11 is 0. The summed E-state index contributed by atoms with van der Waals surface area (Å²) in [5.41, 5.74) is 0. The van der Waals surface area contributed by atoms with E-state index in [-0.39, 0.29) is 0 Å². The molecule has 1 fully saturated rings. The van der Waals surface area contributed by atoms with Crippen LogP contribution in [0.3, 0.4) is 0 Å². The highest BCUT2D eigenvalue weighted by Crippen LogP contribution is 2.25. The van der Waals surface area contributed by atoms with Crippen LogP contribution in [0.15, 0.2) is 0 Å². The first-order valence-corrected chi connectivity index (χ1v) is 6.44. The van der Waals surface area contributed by atoms with Crippen molar-refractivity contribution in [1.82, 2.24) is 10.2 Å². The van der Waals surface area contributed by atoms with Crippen molar-refractivity contribution in [2.75, 3.05) is 32.8 Å². The Morgan fingerprint density at radius 1 is 1.20 bits per heavy atom. The number of aliphatic hydroxyl groups excluding tert-OH is 1. The second-order valence-electron chi connectivity index (χ2n) is 4.39. The van der Waals surface area contributed by atoms with Gasteiger partial charge >= 0.3 is 0 Å². The first-order valence-electron chi connectivity index (χ1n) is 6.44. The van der Waals surface area contributed by atoms with Crippen LogP contribution in [-0.2, 0) is 0 Å². The van der Waals surface area contributed by atoms with Crippen molar-refractivity contribution in [3.05, 3.63) is 0 Å². The average Bonchev–Trinajstić information content (AvgIpc) is 3.06. The van der Waals surface area contributed by atoms with Crippen LogP contribution in [0.5, 0.6) is 0 Å². The van der Waals surface area contributed by atoms with E-state index in [0.717, 1.165) is 32.0 Å². The van der Waals surface area contributed by atoms with Gasteiger partial charge in [-0.15, -0.1) is 0 Å². The van der Waals surface area contributed by atoms with Crippen molar-refractivity contribution in [2.24, 2.45) is 0 Å². The maximum atomic E-state index is 8.61. The van der Waals surface area contributed by atoms with Gasteiger partial charge in [0.15, 0.2) is 0 Å². The highest BCUT2D eigenvalue weighted by Gasteiger charge is 2.26. The molecule has 90 valence electrons. The van der Waals surface area contributed by atoms with Crippen molar-refractivity contribution < 1.29 is 5.11 Å². The van der Waals surface area contributed by atoms with Gasteiger partial charge in [0.2, 0.25) is 0 Å². The maximum absolute atomic E-state index is 8.61. The molecule has 0 bridgehead atoms. The fourth-order valence-electron chi connectivity index (χ4n) is 1.92. The van der Waals surface area contributed by atoms with Gasteiger partial charge in [-0.1, -0.05) is 6.92 Å². The van der Waals surface area contributed by atoms with E-state index >= 15 is 0 Å². The van der Waals surface area contributed by atoms with Crippen molar-refractivity contribution in [3.8, 4) is 0 Å². The van der Waals surface area contributed by atoms with Crippen molar-refractivity contribution >= 4 is 0 Å². The van der Waals surface area contributed by atoms with E-state index in [1.54, 1.807) is 0 Å². The summed E-state index contributed by atoms with van der Waals surface area (Å²) in [7, 11) is 0. The molecule has 0 atom stereocenters. The molecule has 0 aliphatic heterocycles. The summed E-state index contributed by atoms with van der Waals surface area (Å²) < 4.78 is 0. The Morgan fingerprint density at radius 3 is 2.60 bits per heavy atom. The molecule has 1 aliphatic carbocycles. The van der Waals surface area contributed by atoms with Gasteiger partial charge in [-0.25, -0.2) is 0 Å². The van der Waals surface area contributed by atoms with Crippen LogP contribution in [0.4, 0.5) is 0 Å². The molecule has 2 N–H and O–H groups in total. The second kappa shape index (κ2) is 8.08. The van der Waals surface area contributed by atoms with Gasteiger partial charge in [0.1, 0.15) is 0 Å².